The van der Waals surface area contributed by atoms with Crippen LogP contribution in [0, 0.1) is 0 Å². The number of nitrogens with zero attached hydrogens (tertiary/aromatic N) is 3. The summed E-state index contributed by atoms with van der Waals surface area (Å²) in [5, 5.41) is 3.29. The number of rotatable bonds is 7. The van der Waals surface area contributed by atoms with E-state index in [0.717, 1.165) is 0 Å². The molecule has 4 rings (SSSR count). The largest absolute Gasteiger partial charge is 0.463 e. The number of benzene rings is 2. The number of carbonyl (C=O) groups excluding carboxylic acids is 2. The van der Waals surface area contributed by atoms with Gasteiger partial charge in [0.05, 0.1) is 23.1 Å². The minimum atomic E-state index is -3.64. The smallest absolute Gasteiger partial charge is 0.338 e. The first-order chi connectivity index (χ1) is 17.6. The van der Waals surface area contributed by atoms with Crippen molar-refractivity contribution in [3.05, 3.63) is 76.5 Å². The molecule has 0 aromatic heterocycles. The summed E-state index contributed by atoms with van der Waals surface area (Å²) in [7, 11) is -2.03. The molecule has 9 nitrogen and oxygen atoms in total. The maximum atomic E-state index is 13.2. The minimum Gasteiger partial charge on any atom is -0.463 e. The van der Waals surface area contributed by atoms with E-state index in [1.807, 2.05) is 6.92 Å². The fraction of sp³-hybridized carbons (Fsp3) is 0.385. The van der Waals surface area contributed by atoms with Crippen molar-refractivity contribution in [1.29, 1.82) is 0 Å². The van der Waals surface area contributed by atoms with Gasteiger partial charge in [-0.25, -0.2) is 18.0 Å². The lowest BCUT2D eigenvalue weighted by Crippen LogP contribution is -2.56. The van der Waals surface area contributed by atoms with E-state index in [1.54, 1.807) is 68.6 Å². The van der Waals surface area contributed by atoms with E-state index in [2.05, 4.69) is 10.2 Å². The predicted octanol–water partition coefficient (Wildman–Crippen LogP) is 3.25. The van der Waals surface area contributed by atoms with Crippen LogP contribution in [0.2, 0.25) is 5.02 Å². The second-order valence-corrected chi connectivity index (χ2v) is 11.4. The van der Waals surface area contributed by atoms with Crippen molar-refractivity contribution in [2.45, 2.75) is 30.8 Å². The molecule has 2 unspecified atom stereocenters. The number of hydrogen-bond donors (Lipinski definition) is 1. The molecule has 0 saturated carbocycles. The van der Waals surface area contributed by atoms with E-state index in [4.69, 9.17) is 16.3 Å². The molecule has 2 amide bonds. The molecule has 2 heterocycles. The van der Waals surface area contributed by atoms with Gasteiger partial charge in [0.1, 0.15) is 0 Å². The zero-order valence-corrected chi connectivity index (χ0v) is 22.6. The minimum absolute atomic E-state index is 0.176. The number of hydrogen-bond acceptors (Lipinski definition) is 6. The van der Waals surface area contributed by atoms with Gasteiger partial charge in [-0.1, -0.05) is 48.0 Å². The van der Waals surface area contributed by atoms with Gasteiger partial charge in [-0.05, 0) is 37.6 Å². The third kappa shape index (κ3) is 5.52. The fourth-order valence-corrected chi connectivity index (χ4v) is 6.68. The second kappa shape index (κ2) is 11.2. The summed E-state index contributed by atoms with van der Waals surface area (Å²) in [6.45, 7) is 5.17. The van der Waals surface area contributed by atoms with Crippen LogP contribution in [0.4, 0.5) is 4.79 Å². The van der Waals surface area contributed by atoms with E-state index in [0.29, 0.717) is 34.9 Å². The van der Waals surface area contributed by atoms with Crippen molar-refractivity contribution < 1.29 is 22.7 Å². The van der Waals surface area contributed by atoms with Crippen molar-refractivity contribution in [3.63, 3.8) is 0 Å². The second-order valence-electron chi connectivity index (χ2n) is 9.06. The molecule has 11 heteroatoms. The lowest BCUT2D eigenvalue weighted by molar-refractivity contribution is -0.139. The molecule has 2 aliphatic rings. The van der Waals surface area contributed by atoms with Crippen LogP contribution in [0.1, 0.15) is 25.5 Å². The summed E-state index contributed by atoms with van der Waals surface area (Å²) in [5.74, 6) is -0.535. The number of sulfonamides is 1. The van der Waals surface area contributed by atoms with Gasteiger partial charge >= 0.3 is 12.0 Å². The molecule has 2 atom stereocenters. The molecule has 2 aromatic carbocycles. The standard InChI is InChI=1S/C26H31ClN4O5S/c1-4-36-25(32)23-22(29(3)26(33)28-24(23)20-12-8-9-13-21(20)27)17-30-14-15-31(18(2)16-30)37(34,35)19-10-6-5-7-11-19/h5-13,18,24H,4,14-17H2,1-3H3,(H,28,33). The summed E-state index contributed by atoms with van der Waals surface area (Å²) in [6.07, 6.45) is 0. The van der Waals surface area contributed by atoms with Crippen LogP contribution in [0.25, 0.3) is 0 Å². The van der Waals surface area contributed by atoms with E-state index in [1.165, 1.54) is 9.21 Å². The summed E-state index contributed by atoms with van der Waals surface area (Å²) in [6, 6.07) is 14.0. The molecule has 0 spiro atoms. The van der Waals surface area contributed by atoms with Gasteiger partial charge in [0.2, 0.25) is 10.0 Å². The molecular formula is C26H31ClN4O5S. The normalized spacial score (nSPS) is 21.6. The number of amides is 2. The van der Waals surface area contributed by atoms with E-state index in [-0.39, 0.29) is 36.7 Å². The molecule has 1 fully saturated rings. The van der Waals surface area contributed by atoms with E-state index < -0.39 is 22.0 Å². The highest BCUT2D eigenvalue weighted by molar-refractivity contribution is 7.89. The van der Waals surface area contributed by atoms with Crippen LogP contribution in [-0.2, 0) is 19.6 Å². The first-order valence-electron chi connectivity index (χ1n) is 12.1. The molecule has 2 aromatic rings. The summed E-state index contributed by atoms with van der Waals surface area (Å²) >= 11 is 6.44. The number of carbonyl (C=O) groups is 2. The molecule has 198 valence electrons. The summed E-state index contributed by atoms with van der Waals surface area (Å²) in [4.78, 5) is 29.9. The van der Waals surface area contributed by atoms with Gasteiger partial charge in [-0.2, -0.15) is 4.31 Å². The van der Waals surface area contributed by atoms with Gasteiger partial charge in [-0.15, -0.1) is 0 Å². The quantitative estimate of drug-likeness (QED) is 0.535. The highest BCUT2D eigenvalue weighted by Crippen LogP contribution is 2.35. The maximum absolute atomic E-state index is 13.2. The van der Waals surface area contributed by atoms with Crippen LogP contribution < -0.4 is 5.32 Å². The molecule has 0 bridgehead atoms. The van der Waals surface area contributed by atoms with Crippen molar-refractivity contribution in [3.8, 4) is 0 Å². The zero-order chi connectivity index (χ0) is 26.7. The lowest BCUT2D eigenvalue weighted by Gasteiger charge is -2.41. The van der Waals surface area contributed by atoms with Crippen molar-refractivity contribution in [1.82, 2.24) is 19.4 Å². The highest BCUT2D eigenvalue weighted by Gasteiger charge is 2.40. The van der Waals surface area contributed by atoms with Crippen LogP contribution in [-0.4, -0.2) is 80.4 Å². The Morgan fingerprint density at radius 2 is 1.78 bits per heavy atom. The van der Waals surface area contributed by atoms with Gasteiger partial charge in [0.25, 0.3) is 0 Å². The van der Waals surface area contributed by atoms with Gasteiger partial charge in [0, 0.05) is 50.0 Å². The fourth-order valence-electron chi connectivity index (χ4n) is 4.80. The number of likely N-dealkylation sites (N-methyl/N-ethyl adjacent to an activating group) is 1. The molecule has 1 N–H and O–H groups in total. The SMILES string of the molecule is CCOC(=O)C1=C(CN2CCN(S(=O)(=O)c3ccccc3)C(C)C2)N(C)C(=O)NC1c1ccccc1Cl. The third-order valence-electron chi connectivity index (χ3n) is 6.66. The Labute approximate surface area is 222 Å². The number of urea groups is 1. The highest BCUT2D eigenvalue weighted by atomic mass is 35.5. The van der Waals surface area contributed by atoms with Gasteiger partial charge in [0.15, 0.2) is 0 Å². The van der Waals surface area contributed by atoms with E-state index >= 15 is 0 Å². The van der Waals surface area contributed by atoms with E-state index in [9.17, 15) is 18.0 Å². The molecular weight excluding hydrogens is 516 g/mol. The van der Waals surface area contributed by atoms with Crippen molar-refractivity contribution in [2.75, 3.05) is 39.8 Å². The molecule has 1 saturated heterocycles. The average Bonchev–Trinajstić information content (AvgIpc) is 2.87. The predicted molar refractivity (Wildman–Crippen MR) is 140 cm³/mol. The van der Waals surface area contributed by atoms with Gasteiger partial charge < -0.3 is 10.1 Å². The summed E-state index contributed by atoms with van der Waals surface area (Å²) in [5.41, 5.74) is 1.40. The third-order valence-corrected chi connectivity index (χ3v) is 9.03. The molecule has 0 radical (unpaired) electrons. The monoisotopic (exact) mass is 546 g/mol. The Morgan fingerprint density at radius 3 is 2.43 bits per heavy atom. The Hall–Kier alpha value is -2.92. The topological polar surface area (TPSA) is 99.3 Å². The Balaban J connectivity index is 1.64. The Kier molecular flexibility index (Phi) is 8.23. The Bertz CT molecular complexity index is 1300. The molecule has 2 aliphatic heterocycles. The van der Waals surface area contributed by atoms with Crippen LogP contribution in [0.15, 0.2) is 70.8 Å². The number of ether oxygens (including phenoxy) is 1. The first-order valence-corrected chi connectivity index (χ1v) is 13.9. The zero-order valence-electron chi connectivity index (χ0n) is 21.1. The first kappa shape index (κ1) is 27.1. The van der Waals surface area contributed by atoms with Crippen LogP contribution in [0.3, 0.4) is 0 Å². The number of piperazine rings is 1. The number of esters is 1. The van der Waals surface area contributed by atoms with Crippen LogP contribution >= 0.6 is 11.6 Å². The average molecular weight is 547 g/mol. The number of halogens is 1. The lowest BCUT2D eigenvalue weighted by atomic mass is 9.94. The summed E-state index contributed by atoms with van der Waals surface area (Å²) < 4.78 is 33.3. The number of nitrogens with one attached hydrogen (secondary N) is 1. The van der Waals surface area contributed by atoms with Crippen molar-refractivity contribution >= 4 is 33.6 Å². The molecule has 0 aliphatic carbocycles. The Morgan fingerprint density at radius 1 is 1.11 bits per heavy atom. The van der Waals surface area contributed by atoms with Gasteiger partial charge in [-0.3, -0.25) is 9.80 Å². The van der Waals surface area contributed by atoms with Crippen molar-refractivity contribution in [2.24, 2.45) is 0 Å². The molecule has 37 heavy (non-hydrogen) atoms. The van der Waals surface area contributed by atoms with Crippen LogP contribution in [0.5, 0.6) is 0 Å². The maximum Gasteiger partial charge on any atom is 0.338 e.